The maximum atomic E-state index is 13.0. The van der Waals surface area contributed by atoms with Gasteiger partial charge in [-0.1, -0.05) is 53.8 Å². The second-order valence-electron chi connectivity index (χ2n) is 7.18. The van der Waals surface area contributed by atoms with Crippen molar-refractivity contribution in [2.75, 3.05) is 0 Å². The largest absolute Gasteiger partial charge is 0.346 e. The lowest BCUT2D eigenvalue weighted by Crippen LogP contribution is -2.22. The van der Waals surface area contributed by atoms with Gasteiger partial charge in [-0.3, -0.25) is 14.2 Å². The smallest absolute Gasteiger partial charge is 0.282 e. The molecule has 10 heteroatoms. The van der Waals surface area contributed by atoms with Crippen molar-refractivity contribution < 1.29 is 9.18 Å². The molecule has 3 aromatic heterocycles. The lowest BCUT2D eigenvalue weighted by atomic mass is 10.2. The van der Waals surface area contributed by atoms with Gasteiger partial charge in [0.1, 0.15) is 15.5 Å². The van der Waals surface area contributed by atoms with Crippen molar-refractivity contribution in [1.29, 1.82) is 0 Å². The molecule has 2 aromatic carbocycles. The lowest BCUT2D eigenvalue weighted by Gasteiger charge is -2.03. The summed E-state index contributed by atoms with van der Waals surface area (Å²) in [5.41, 5.74) is 2.29. The Kier molecular flexibility index (Phi) is 5.76. The van der Waals surface area contributed by atoms with Gasteiger partial charge >= 0.3 is 0 Å². The molecule has 5 aromatic rings. The van der Waals surface area contributed by atoms with Crippen molar-refractivity contribution in [3.05, 3.63) is 98.7 Å². The van der Waals surface area contributed by atoms with E-state index in [1.54, 1.807) is 12.1 Å². The Hall–Kier alpha value is -3.76. The van der Waals surface area contributed by atoms with Gasteiger partial charge in [0.2, 0.25) is 5.01 Å². The summed E-state index contributed by atoms with van der Waals surface area (Å²) in [4.78, 5) is 30.8. The zero-order valence-electron chi connectivity index (χ0n) is 17.1. The third-order valence-corrected chi connectivity index (χ3v) is 6.96. The van der Waals surface area contributed by atoms with Gasteiger partial charge in [-0.25, -0.2) is 9.37 Å². The predicted octanol–water partition coefficient (Wildman–Crippen LogP) is 4.09. The van der Waals surface area contributed by atoms with Gasteiger partial charge in [-0.05, 0) is 29.3 Å². The minimum absolute atomic E-state index is 0.162. The van der Waals surface area contributed by atoms with E-state index in [2.05, 4.69) is 20.5 Å². The van der Waals surface area contributed by atoms with Crippen molar-refractivity contribution in [1.82, 2.24) is 25.1 Å². The van der Waals surface area contributed by atoms with Crippen LogP contribution in [-0.2, 0) is 13.1 Å². The van der Waals surface area contributed by atoms with E-state index in [9.17, 15) is 14.0 Å². The van der Waals surface area contributed by atoms with Crippen LogP contribution >= 0.6 is 22.7 Å². The number of amides is 1. The highest BCUT2D eigenvalue weighted by atomic mass is 32.1. The first-order chi connectivity index (χ1) is 16.1. The van der Waals surface area contributed by atoms with E-state index in [0.717, 1.165) is 27.3 Å². The minimum atomic E-state index is -0.380. The summed E-state index contributed by atoms with van der Waals surface area (Å²) in [6, 6.07) is 17.6. The molecule has 0 atom stereocenters. The molecular weight excluding hydrogens is 461 g/mol. The lowest BCUT2D eigenvalue weighted by molar-refractivity contribution is 0.0950. The molecule has 7 nitrogen and oxygen atoms in total. The van der Waals surface area contributed by atoms with Crippen LogP contribution in [0.2, 0.25) is 0 Å². The second kappa shape index (κ2) is 9.00. The summed E-state index contributed by atoms with van der Waals surface area (Å²) in [7, 11) is 0. The zero-order valence-corrected chi connectivity index (χ0v) is 18.7. The monoisotopic (exact) mass is 477 g/mol. The van der Waals surface area contributed by atoms with Crippen molar-refractivity contribution in [2.24, 2.45) is 0 Å². The molecule has 0 aliphatic rings. The van der Waals surface area contributed by atoms with Crippen LogP contribution in [0.1, 0.15) is 20.4 Å². The summed E-state index contributed by atoms with van der Waals surface area (Å²) >= 11 is 2.51. The fraction of sp³-hybridized carbons (Fsp3) is 0.0870. The number of hydrogen-bond donors (Lipinski definition) is 1. The van der Waals surface area contributed by atoms with Crippen molar-refractivity contribution in [3.63, 3.8) is 0 Å². The molecule has 0 aliphatic carbocycles. The van der Waals surface area contributed by atoms with Crippen LogP contribution in [0.4, 0.5) is 4.39 Å². The van der Waals surface area contributed by atoms with E-state index in [-0.39, 0.29) is 35.4 Å². The average molecular weight is 478 g/mol. The third kappa shape index (κ3) is 4.57. The molecule has 164 valence electrons. The molecule has 0 aliphatic heterocycles. The summed E-state index contributed by atoms with van der Waals surface area (Å²) in [6.45, 7) is 0.416. The van der Waals surface area contributed by atoms with Crippen molar-refractivity contribution in [2.45, 2.75) is 13.1 Å². The van der Waals surface area contributed by atoms with Gasteiger partial charge in [-0.15, -0.1) is 21.5 Å². The van der Waals surface area contributed by atoms with Gasteiger partial charge in [0.05, 0.1) is 18.4 Å². The standard InChI is InChI=1S/C23H16FN5O2S2/c24-16-8-6-14(7-9-16)11-25-21(30)22-28-27-19(33-22)12-29-13-26-17-10-18(32-20(17)23(29)31)15-4-2-1-3-5-15/h1-10,13H,11-12H2,(H,25,30). The molecule has 0 bridgehead atoms. The maximum absolute atomic E-state index is 13.0. The first-order valence-electron chi connectivity index (χ1n) is 9.96. The van der Waals surface area contributed by atoms with Crippen molar-refractivity contribution >= 4 is 38.8 Å². The van der Waals surface area contributed by atoms with Gasteiger partial charge in [0.25, 0.3) is 11.5 Å². The Morgan fingerprint density at radius 2 is 1.82 bits per heavy atom. The zero-order chi connectivity index (χ0) is 22.8. The number of benzene rings is 2. The van der Waals surface area contributed by atoms with E-state index in [0.29, 0.717) is 15.2 Å². The first kappa shape index (κ1) is 21.1. The number of thiophene rings is 1. The number of hydrogen-bond acceptors (Lipinski definition) is 7. The molecule has 0 saturated carbocycles. The molecule has 1 N–H and O–H groups in total. The number of nitrogens with zero attached hydrogens (tertiary/aromatic N) is 4. The summed E-state index contributed by atoms with van der Waals surface area (Å²) in [6.07, 6.45) is 1.49. The van der Waals surface area contributed by atoms with Crippen LogP contribution in [0.15, 0.2) is 71.8 Å². The third-order valence-electron chi connectivity index (χ3n) is 4.90. The van der Waals surface area contributed by atoms with Gasteiger partial charge in [0.15, 0.2) is 0 Å². The Morgan fingerprint density at radius 3 is 2.61 bits per heavy atom. The van der Waals surface area contributed by atoms with Crippen LogP contribution in [-0.4, -0.2) is 25.7 Å². The number of fused-ring (bicyclic) bond motifs is 1. The number of aromatic nitrogens is 4. The molecule has 0 radical (unpaired) electrons. The van der Waals surface area contributed by atoms with E-state index in [1.807, 2.05) is 36.4 Å². The highest BCUT2D eigenvalue weighted by Crippen LogP contribution is 2.30. The number of carbonyl (C=O) groups excluding carboxylic acids is 1. The van der Waals surface area contributed by atoms with Crippen LogP contribution in [0.5, 0.6) is 0 Å². The van der Waals surface area contributed by atoms with E-state index in [1.165, 1.54) is 34.4 Å². The topological polar surface area (TPSA) is 89.8 Å². The van der Waals surface area contributed by atoms with Gasteiger partial charge in [0, 0.05) is 11.4 Å². The van der Waals surface area contributed by atoms with Crippen LogP contribution in [0, 0.1) is 5.82 Å². The Balaban J connectivity index is 1.31. The van der Waals surface area contributed by atoms with E-state index in [4.69, 9.17) is 0 Å². The SMILES string of the molecule is O=C(NCc1ccc(F)cc1)c1nnc(Cn2cnc3cc(-c4ccccc4)sc3c2=O)s1. The number of halogens is 1. The molecule has 33 heavy (non-hydrogen) atoms. The van der Waals surface area contributed by atoms with Gasteiger partial charge in [-0.2, -0.15) is 0 Å². The fourth-order valence-electron chi connectivity index (χ4n) is 3.22. The molecule has 0 saturated heterocycles. The molecule has 5 rings (SSSR count). The highest BCUT2D eigenvalue weighted by molar-refractivity contribution is 7.22. The van der Waals surface area contributed by atoms with E-state index < -0.39 is 0 Å². The molecule has 1 amide bonds. The number of nitrogens with one attached hydrogen (secondary N) is 1. The Morgan fingerprint density at radius 1 is 1.03 bits per heavy atom. The van der Waals surface area contributed by atoms with Crippen LogP contribution < -0.4 is 10.9 Å². The number of rotatable bonds is 6. The fourth-order valence-corrected chi connectivity index (χ4v) is 5.04. The maximum Gasteiger partial charge on any atom is 0.282 e. The molecule has 3 heterocycles. The summed E-state index contributed by atoms with van der Waals surface area (Å²) < 4.78 is 15.0. The van der Waals surface area contributed by atoms with Crippen LogP contribution in [0.3, 0.4) is 0 Å². The molecule has 0 unspecified atom stereocenters. The quantitative estimate of drug-likeness (QED) is 0.398. The Labute approximate surface area is 195 Å². The molecule has 0 spiro atoms. The molecular formula is C23H16FN5O2S2. The van der Waals surface area contributed by atoms with Gasteiger partial charge < -0.3 is 5.32 Å². The second-order valence-corrected chi connectivity index (χ2v) is 9.29. The summed E-state index contributed by atoms with van der Waals surface area (Å²) in [5.74, 6) is -0.713. The predicted molar refractivity (Wildman–Crippen MR) is 126 cm³/mol. The highest BCUT2D eigenvalue weighted by Gasteiger charge is 2.15. The Bertz CT molecular complexity index is 1490. The van der Waals surface area contributed by atoms with Crippen molar-refractivity contribution in [3.8, 4) is 10.4 Å². The average Bonchev–Trinajstić information content (AvgIpc) is 3.49. The normalized spacial score (nSPS) is 11.1. The van der Waals surface area contributed by atoms with Crippen LogP contribution in [0.25, 0.3) is 20.7 Å². The van der Waals surface area contributed by atoms with E-state index >= 15 is 0 Å². The first-order valence-corrected chi connectivity index (χ1v) is 11.6. The minimum Gasteiger partial charge on any atom is -0.346 e. The summed E-state index contributed by atoms with van der Waals surface area (Å²) in [5, 5.41) is 11.4. The molecule has 0 fully saturated rings. The number of carbonyl (C=O) groups is 1.